The van der Waals surface area contributed by atoms with Crippen molar-refractivity contribution in [1.29, 1.82) is 0 Å². The van der Waals surface area contributed by atoms with E-state index >= 15 is 0 Å². The zero-order valence-corrected chi connectivity index (χ0v) is 17.7. The van der Waals surface area contributed by atoms with Crippen LogP contribution in [0.5, 0.6) is 11.5 Å². The molecule has 0 aromatic heterocycles. The van der Waals surface area contributed by atoms with E-state index in [1.807, 2.05) is 0 Å². The molecule has 2 amide bonds. The molecule has 144 valence electrons. The summed E-state index contributed by atoms with van der Waals surface area (Å²) in [6.07, 6.45) is -0.907. The Hall–Kier alpha value is -1.67. The highest BCUT2D eigenvalue weighted by Crippen LogP contribution is 2.29. The number of carbonyl (C=O) groups is 2. The van der Waals surface area contributed by atoms with Crippen LogP contribution in [0.15, 0.2) is 40.9 Å². The smallest absolute Gasteiger partial charge is 0.279 e. The van der Waals surface area contributed by atoms with Crippen molar-refractivity contribution in [2.24, 2.45) is 0 Å². The summed E-state index contributed by atoms with van der Waals surface area (Å²) in [6, 6.07) is 9.51. The summed E-state index contributed by atoms with van der Waals surface area (Å²) < 4.78 is 11.4. The largest absolute Gasteiger partial charge is 0.483 e. The van der Waals surface area contributed by atoms with Crippen molar-refractivity contribution < 1.29 is 19.1 Å². The molecule has 0 aliphatic rings. The van der Waals surface area contributed by atoms with Crippen LogP contribution >= 0.6 is 50.7 Å². The van der Waals surface area contributed by atoms with Gasteiger partial charge in [0.2, 0.25) is 0 Å². The van der Waals surface area contributed by atoms with Crippen molar-refractivity contribution in [3.63, 3.8) is 0 Å². The van der Waals surface area contributed by atoms with Crippen LogP contribution in [0.1, 0.15) is 6.92 Å². The van der Waals surface area contributed by atoms with Crippen molar-refractivity contribution in [2.45, 2.75) is 13.0 Å². The highest BCUT2D eigenvalue weighted by atomic mass is 79.9. The van der Waals surface area contributed by atoms with Gasteiger partial charge in [0.15, 0.2) is 12.7 Å². The summed E-state index contributed by atoms with van der Waals surface area (Å²) in [5.41, 5.74) is 4.48. The van der Waals surface area contributed by atoms with Gasteiger partial charge in [0.1, 0.15) is 11.5 Å². The molecule has 0 radical (unpaired) electrons. The minimum Gasteiger partial charge on any atom is -0.483 e. The molecule has 1 atom stereocenters. The molecule has 0 unspecified atom stereocenters. The fourth-order valence-corrected chi connectivity index (χ4v) is 3.07. The number of carbonyl (C=O) groups excluding carboxylic acids is 2. The molecule has 0 fully saturated rings. The second-order valence-corrected chi connectivity index (χ2v) is 7.37. The lowest BCUT2D eigenvalue weighted by atomic mass is 10.3. The number of benzene rings is 2. The van der Waals surface area contributed by atoms with Gasteiger partial charge >= 0.3 is 0 Å². The number of halogens is 4. The lowest BCUT2D eigenvalue weighted by Crippen LogP contribution is -2.48. The number of hydrogen-bond acceptors (Lipinski definition) is 4. The molecule has 0 saturated heterocycles. The summed E-state index contributed by atoms with van der Waals surface area (Å²) in [5, 5.41) is 1.25. The van der Waals surface area contributed by atoms with Gasteiger partial charge in [-0.1, -0.05) is 34.8 Å². The van der Waals surface area contributed by atoms with E-state index in [0.717, 1.165) is 0 Å². The van der Waals surface area contributed by atoms with Gasteiger partial charge < -0.3 is 9.47 Å². The molecule has 10 heteroatoms. The molecule has 2 rings (SSSR count). The number of nitrogens with one attached hydrogen (secondary N) is 2. The topological polar surface area (TPSA) is 76.7 Å². The van der Waals surface area contributed by atoms with Gasteiger partial charge in [-0.25, -0.2) is 0 Å². The molecule has 0 bridgehead atoms. The predicted molar refractivity (Wildman–Crippen MR) is 107 cm³/mol. The summed E-state index contributed by atoms with van der Waals surface area (Å²) in [7, 11) is 0. The van der Waals surface area contributed by atoms with Crippen LogP contribution < -0.4 is 20.3 Å². The third kappa shape index (κ3) is 6.77. The van der Waals surface area contributed by atoms with Gasteiger partial charge in [0.05, 0.1) is 9.50 Å². The van der Waals surface area contributed by atoms with Crippen LogP contribution in [-0.2, 0) is 9.59 Å². The molecule has 2 aromatic rings. The number of hydrazine groups is 1. The zero-order chi connectivity index (χ0) is 20.0. The number of hydrogen-bond donors (Lipinski definition) is 2. The number of amides is 2. The molecule has 0 spiro atoms. The summed E-state index contributed by atoms with van der Waals surface area (Å²) in [6.45, 7) is 1.20. The van der Waals surface area contributed by atoms with Gasteiger partial charge in [-0.05, 0) is 59.3 Å². The summed E-state index contributed by atoms with van der Waals surface area (Å²) >= 11 is 20.9. The van der Waals surface area contributed by atoms with E-state index in [-0.39, 0.29) is 11.6 Å². The van der Waals surface area contributed by atoms with Gasteiger partial charge in [-0.15, -0.1) is 0 Å². The van der Waals surface area contributed by atoms with E-state index in [1.165, 1.54) is 13.0 Å². The number of ether oxygens (including phenoxy) is 2. The predicted octanol–water partition coefficient (Wildman–Crippen LogP) is 4.40. The Bertz CT molecular complexity index is 851. The Morgan fingerprint density at radius 1 is 1.04 bits per heavy atom. The molecule has 6 nitrogen and oxygen atoms in total. The second kappa shape index (κ2) is 10.0. The first-order chi connectivity index (χ1) is 12.8. The first-order valence-corrected chi connectivity index (χ1v) is 9.47. The van der Waals surface area contributed by atoms with Gasteiger partial charge in [0, 0.05) is 10.0 Å². The third-order valence-electron chi connectivity index (χ3n) is 3.14. The summed E-state index contributed by atoms with van der Waals surface area (Å²) in [4.78, 5) is 23.8. The van der Waals surface area contributed by atoms with E-state index in [0.29, 0.717) is 26.0 Å². The Labute approximate surface area is 179 Å². The van der Waals surface area contributed by atoms with Crippen molar-refractivity contribution >= 4 is 62.5 Å². The van der Waals surface area contributed by atoms with E-state index in [1.54, 1.807) is 30.3 Å². The molecule has 0 saturated carbocycles. The lowest BCUT2D eigenvalue weighted by Gasteiger charge is -2.16. The third-order valence-corrected chi connectivity index (χ3v) is 4.53. The second-order valence-electron chi connectivity index (χ2n) is 5.24. The maximum atomic E-state index is 12.0. The fraction of sp³-hybridized carbons (Fsp3) is 0.176. The fourth-order valence-electron chi connectivity index (χ4n) is 1.82. The quantitative estimate of drug-likeness (QED) is 0.581. The van der Waals surface area contributed by atoms with Gasteiger partial charge in [-0.2, -0.15) is 0 Å². The highest BCUT2D eigenvalue weighted by molar-refractivity contribution is 9.10. The zero-order valence-electron chi connectivity index (χ0n) is 13.9. The SMILES string of the molecule is C[C@H](Oc1ccc(Cl)cc1Cl)C(=O)NNC(=O)COc1ccc(Cl)cc1Br. The van der Waals surface area contributed by atoms with Crippen LogP contribution in [-0.4, -0.2) is 24.5 Å². The average molecular weight is 497 g/mol. The van der Waals surface area contributed by atoms with E-state index in [9.17, 15) is 9.59 Å². The Morgan fingerprint density at radius 3 is 2.30 bits per heavy atom. The molecular weight excluding hydrogens is 482 g/mol. The lowest BCUT2D eigenvalue weighted by molar-refractivity contribution is -0.133. The first-order valence-electron chi connectivity index (χ1n) is 7.54. The van der Waals surface area contributed by atoms with Crippen LogP contribution in [0.3, 0.4) is 0 Å². The normalized spacial score (nSPS) is 11.4. The van der Waals surface area contributed by atoms with Crippen LogP contribution in [0.2, 0.25) is 15.1 Å². The molecule has 27 heavy (non-hydrogen) atoms. The first kappa shape index (κ1) is 21.6. The van der Waals surface area contributed by atoms with Crippen molar-refractivity contribution in [1.82, 2.24) is 10.9 Å². The Kier molecular flexibility index (Phi) is 8.04. The summed E-state index contributed by atoms with van der Waals surface area (Å²) in [5.74, 6) is -0.384. The van der Waals surface area contributed by atoms with Crippen molar-refractivity contribution in [2.75, 3.05) is 6.61 Å². The Balaban J connectivity index is 1.79. The standard InChI is InChI=1S/C17H14BrCl3N2O4/c1-9(27-15-5-3-11(20)7-13(15)21)17(25)23-22-16(24)8-26-14-4-2-10(19)6-12(14)18/h2-7,9H,8H2,1H3,(H,22,24)(H,23,25)/t9-/m0/s1. The molecule has 0 heterocycles. The molecule has 2 N–H and O–H groups in total. The van der Waals surface area contributed by atoms with Crippen LogP contribution in [0.4, 0.5) is 0 Å². The van der Waals surface area contributed by atoms with E-state index < -0.39 is 17.9 Å². The van der Waals surface area contributed by atoms with Gasteiger partial charge in [-0.3, -0.25) is 20.4 Å². The maximum absolute atomic E-state index is 12.0. The Morgan fingerprint density at radius 2 is 1.67 bits per heavy atom. The van der Waals surface area contributed by atoms with Crippen molar-refractivity contribution in [3.05, 3.63) is 55.9 Å². The highest BCUT2D eigenvalue weighted by Gasteiger charge is 2.17. The van der Waals surface area contributed by atoms with Gasteiger partial charge in [0.25, 0.3) is 11.8 Å². The van der Waals surface area contributed by atoms with Crippen LogP contribution in [0, 0.1) is 0 Å². The maximum Gasteiger partial charge on any atom is 0.279 e. The molecular formula is C17H14BrCl3N2O4. The molecule has 0 aliphatic carbocycles. The van der Waals surface area contributed by atoms with Crippen LogP contribution in [0.25, 0.3) is 0 Å². The van der Waals surface area contributed by atoms with Crippen molar-refractivity contribution in [3.8, 4) is 11.5 Å². The molecule has 0 aliphatic heterocycles. The van der Waals surface area contributed by atoms with E-state index in [2.05, 4.69) is 26.8 Å². The monoisotopic (exact) mass is 494 g/mol. The van der Waals surface area contributed by atoms with E-state index in [4.69, 9.17) is 44.3 Å². The molecule has 2 aromatic carbocycles. The minimum absolute atomic E-state index is 0.271. The average Bonchev–Trinajstić information content (AvgIpc) is 2.61. The number of rotatable bonds is 6. The minimum atomic E-state index is -0.907.